The van der Waals surface area contributed by atoms with Crippen molar-refractivity contribution < 1.29 is 0 Å². The molecular formula is C14H18BrN5. The molecule has 0 atom stereocenters. The van der Waals surface area contributed by atoms with E-state index in [4.69, 9.17) is 0 Å². The molecule has 1 fully saturated rings. The molecule has 0 unspecified atom stereocenters. The number of aryl methyl sites for hydroxylation is 1. The van der Waals surface area contributed by atoms with Gasteiger partial charge in [0.1, 0.15) is 5.65 Å². The van der Waals surface area contributed by atoms with Crippen molar-refractivity contribution in [1.29, 1.82) is 0 Å². The molecule has 1 aliphatic rings. The largest absolute Gasteiger partial charge is 0.354 e. The van der Waals surface area contributed by atoms with Crippen molar-refractivity contribution in [1.82, 2.24) is 20.0 Å². The van der Waals surface area contributed by atoms with E-state index in [0.29, 0.717) is 12.6 Å². The van der Waals surface area contributed by atoms with Gasteiger partial charge in [-0.05, 0) is 47.3 Å². The molecule has 5 nitrogen and oxygen atoms in total. The van der Waals surface area contributed by atoms with Gasteiger partial charge in [0.15, 0.2) is 5.96 Å². The summed E-state index contributed by atoms with van der Waals surface area (Å²) in [5.74, 6) is 0.849. The molecule has 2 N–H and O–H groups in total. The van der Waals surface area contributed by atoms with Gasteiger partial charge in [-0.3, -0.25) is 4.99 Å². The molecular weight excluding hydrogens is 318 g/mol. The van der Waals surface area contributed by atoms with Crippen LogP contribution in [0.4, 0.5) is 0 Å². The molecule has 2 aromatic rings. The third kappa shape index (κ3) is 2.95. The summed E-state index contributed by atoms with van der Waals surface area (Å²) in [6, 6.07) is 2.67. The summed E-state index contributed by atoms with van der Waals surface area (Å²) in [4.78, 5) is 8.87. The number of aromatic nitrogens is 2. The number of aliphatic imine (C=N–C) groups is 1. The summed E-state index contributed by atoms with van der Waals surface area (Å²) in [7, 11) is 1.79. The fraction of sp³-hybridized carbons (Fsp3) is 0.429. The lowest BCUT2D eigenvalue weighted by Gasteiger charge is -2.09. The van der Waals surface area contributed by atoms with Crippen LogP contribution < -0.4 is 10.6 Å². The van der Waals surface area contributed by atoms with Crippen LogP contribution in [0.25, 0.3) is 5.65 Å². The highest BCUT2D eigenvalue weighted by molar-refractivity contribution is 9.10. The van der Waals surface area contributed by atoms with Gasteiger partial charge in [0.05, 0.1) is 12.2 Å². The van der Waals surface area contributed by atoms with Crippen molar-refractivity contribution in [3.63, 3.8) is 0 Å². The average Bonchev–Trinajstić information content (AvgIpc) is 3.13. The lowest BCUT2D eigenvalue weighted by Crippen LogP contribution is -2.38. The number of halogens is 1. The smallest absolute Gasteiger partial charge is 0.191 e. The molecule has 2 heterocycles. The third-order valence-electron chi connectivity index (χ3n) is 3.33. The van der Waals surface area contributed by atoms with Crippen LogP contribution in [0, 0.1) is 6.92 Å². The van der Waals surface area contributed by atoms with E-state index in [2.05, 4.69) is 49.5 Å². The Balaban J connectivity index is 1.72. The highest BCUT2D eigenvalue weighted by atomic mass is 79.9. The fourth-order valence-corrected chi connectivity index (χ4v) is 2.72. The van der Waals surface area contributed by atoms with Crippen LogP contribution in [-0.2, 0) is 6.54 Å². The Morgan fingerprint density at radius 3 is 3.00 bits per heavy atom. The van der Waals surface area contributed by atoms with E-state index >= 15 is 0 Å². The zero-order valence-electron chi connectivity index (χ0n) is 11.7. The SMILES string of the molecule is CN=C(NCc1cn2cc(Br)cc(C)c2n1)NC1CC1. The van der Waals surface area contributed by atoms with E-state index in [1.807, 2.05) is 16.8 Å². The first-order valence-corrected chi connectivity index (χ1v) is 7.56. The number of nitrogens with one attached hydrogen (secondary N) is 2. The normalized spacial score (nSPS) is 15.7. The molecule has 106 valence electrons. The molecule has 6 heteroatoms. The summed E-state index contributed by atoms with van der Waals surface area (Å²) >= 11 is 3.51. The third-order valence-corrected chi connectivity index (χ3v) is 3.76. The van der Waals surface area contributed by atoms with Crippen LogP contribution in [-0.4, -0.2) is 28.4 Å². The molecule has 0 amide bonds. The highest BCUT2D eigenvalue weighted by Crippen LogP contribution is 2.18. The Morgan fingerprint density at radius 1 is 1.50 bits per heavy atom. The van der Waals surface area contributed by atoms with Gasteiger partial charge in [-0.15, -0.1) is 0 Å². The molecule has 3 rings (SSSR count). The van der Waals surface area contributed by atoms with Crippen LogP contribution in [0.3, 0.4) is 0 Å². The van der Waals surface area contributed by atoms with E-state index in [1.54, 1.807) is 7.05 Å². The number of guanidine groups is 1. The zero-order chi connectivity index (χ0) is 14.1. The minimum absolute atomic E-state index is 0.598. The summed E-state index contributed by atoms with van der Waals surface area (Å²) in [6.07, 6.45) is 6.55. The van der Waals surface area contributed by atoms with Crippen molar-refractivity contribution in [2.45, 2.75) is 32.4 Å². The van der Waals surface area contributed by atoms with Crippen molar-refractivity contribution in [3.8, 4) is 0 Å². The van der Waals surface area contributed by atoms with Crippen molar-refractivity contribution in [2.24, 2.45) is 4.99 Å². The Labute approximate surface area is 126 Å². The molecule has 0 spiro atoms. The van der Waals surface area contributed by atoms with Gasteiger partial charge in [0.2, 0.25) is 0 Å². The predicted octanol–water partition coefficient (Wildman–Crippen LogP) is 2.23. The van der Waals surface area contributed by atoms with Crippen LogP contribution >= 0.6 is 15.9 Å². The highest BCUT2D eigenvalue weighted by Gasteiger charge is 2.22. The molecule has 20 heavy (non-hydrogen) atoms. The average molecular weight is 336 g/mol. The first-order valence-electron chi connectivity index (χ1n) is 6.76. The van der Waals surface area contributed by atoms with E-state index in [0.717, 1.165) is 27.3 Å². The summed E-state index contributed by atoms with van der Waals surface area (Å²) in [5.41, 5.74) is 3.16. The number of pyridine rings is 1. The van der Waals surface area contributed by atoms with Crippen molar-refractivity contribution in [3.05, 3.63) is 34.2 Å². The molecule has 0 saturated heterocycles. The number of hydrogen-bond acceptors (Lipinski definition) is 2. The van der Waals surface area contributed by atoms with Gasteiger partial charge >= 0.3 is 0 Å². The number of hydrogen-bond donors (Lipinski definition) is 2. The zero-order valence-corrected chi connectivity index (χ0v) is 13.2. The van der Waals surface area contributed by atoms with E-state index < -0.39 is 0 Å². The van der Waals surface area contributed by atoms with Crippen molar-refractivity contribution in [2.75, 3.05) is 7.05 Å². The monoisotopic (exact) mass is 335 g/mol. The minimum atomic E-state index is 0.598. The number of nitrogens with zero attached hydrogens (tertiary/aromatic N) is 3. The van der Waals surface area contributed by atoms with Gasteiger partial charge < -0.3 is 15.0 Å². The second kappa shape index (κ2) is 5.44. The van der Waals surface area contributed by atoms with Crippen LogP contribution in [0.5, 0.6) is 0 Å². The van der Waals surface area contributed by atoms with Crippen LogP contribution in [0.2, 0.25) is 0 Å². The topological polar surface area (TPSA) is 53.7 Å². The maximum atomic E-state index is 4.65. The molecule has 0 aliphatic heterocycles. The lowest BCUT2D eigenvalue weighted by atomic mass is 10.3. The molecule has 0 bridgehead atoms. The quantitative estimate of drug-likeness (QED) is 0.668. The number of imidazole rings is 1. The van der Waals surface area contributed by atoms with Gasteiger partial charge in [0.25, 0.3) is 0 Å². The second-order valence-corrected chi connectivity index (χ2v) is 6.06. The number of rotatable bonds is 3. The maximum absolute atomic E-state index is 4.65. The van der Waals surface area contributed by atoms with Gasteiger partial charge in [-0.25, -0.2) is 4.98 Å². The number of fused-ring (bicyclic) bond motifs is 1. The van der Waals surface area contributed by atoms with E-state index in [-0.39, 0.29) is 0 Å². The Hall–Kier alpha value is -1.56. The van der Waals surface area contributed by atoms with Gasteiger partial charge in [-0.1, -0.05) is 0 Å². The summed E-state index contributed by atoms with van der Waals surface area (Å²) in [5, 5.41) is 6.67. The van der Waals surface area contributed by atoms with Crippen LogP contribution in [0.15, 0.2) is 27.9 Å². The minimum Gasteiger partial charge on any atom is -0.354 e. The lowest BCUT2D eigenvalue weighted by molar-refractivity contribution is 0.795. The van der Waals surface area contributed by atoms with Crippen LogP contribution in [0.1, 0.15) is 24.1 Å². The Morgan fingerprint density at radius 2 is 2.30 bits per heavy atom. The predicted molar refractivity (Wildman–Crippen MR) is 84.0 cm³/mol. The molecule has 1 aliphatic carbocycles. The van der Waals surface area contributed by atoms with Crippen molar-refractivity contribution >= 4 is 27.5 Å². The first-order chi connectivity index (χ1) is 9.65. The van der Waals surface area contributed by atoms with E-state index in [9.17, 15) is 0 Å². The molecule has 2 aromatic heterocycles. The van der Waals surface area contributed by atoms with Gasteiger partial charge in [-0.2, -0.15) is 0 Å². The molecule has 0 radical (unpaired) electrons. The Kier molecular flexibility index (Phi) is 3.65. The molecule has 0 aromatic carbocycles. The first kappa shape index (κ1) is 13.4. The molecule has 1 saturated carbocycles. The van der Waals surface area contributed by atoms with Gasteiger partial charge in [0, 0.05) is 30.0 Å². The Bertz CT molecular complexity index is 657. The summed E-state index contributed by atoms with van der Waals surface area (Å²) < 4.78 is 3.11. The fourth-order valence-electron chi connectivity index (χ4n) is 2.15. The maximum Gasteiger partial charge on any atom is 0.191 e. The summed E-state index contributed by atoms with van der Waals surface area (Å²) in [6.45, 7) is 2.74. The van der Waals surface area contributed by atoms with E-state index in [1.165, 1.54) is 12.8 Å². The standard InChI is InChI=1S/C14H18BrN5/c1-9-5-10(15)7-20-8-12(18-13(9)20)6-17-14(16-2)19-11-3-4-11/h5,7-8,11H,3-4,6H2,1-2H3,(H2,16,17,19). The second-order valence-electron chi connectivity index (χ2n) is 5.15.